The van der Waals surface area contributed by atoms with E-state index in [1.807, 2.05) is 32.0 Å². The maximum atomic E-state index is 11.7. The summed E-state index contributed by atoms with van der Waals surface area (Å²) in [5, 5.41) is 2.80. The van der Waals surface area contributed by atoms with E-state index in [-0.39, 0.29) is 24.6 Å². The van der Waals surface area contributed by atoms with Crippen molar-refractivity contribution in [3.05, 3.63) is 28.2 Å². The number of carbonyl (C=O) groups excluding carboxylic acids is 1. The summed E-state index contributed by atoms with van der Waals surface area (Å²) in [6.07, 6.45) is 1.64. The standard InChI is InChI=1S/C15H23BrN2O2/c1-4-12(17)8-11-6-5-7-13(16)15(11)20-9-14(19)18-10(2)3/h5-7,10,12H,4,8-9,17H2,1-3H3,(H,18,19). The molecule has 1 atom stereocenters. The summed E-state index contributed by atoms with van der Waals surface area (Å²) in [5.74, 6) is 0.580. The van der Waals surface area contributed by atoms with Crippen molar-refractivity contribution >= 4 is 21.8 Å². The number of benzene rings is 1. The number of halogens is 1. The first-order chi connectivity index (χ1) is 9.43. The van der Waals surface area contributed by atoms with E-state index in [1.54, 1.807) is 0 Å². The van der Waals surface area contributed by atoms with E-state index < -0.39 is 0 Å². The SMILES string of the molecule is CCC(N)Cc1cccc(Br)c1OCC(=O)NC(C)C. The van der Waals surface area contributed by atoms with Crippen molar-refractivity contribution in [1.29, 1.82) is 0 Å². The van der Waals surface area contributed by atoms with Crippen LogP contribution in [0.4, 0.5) is 0 Å². The minimum atomic E-state index is -0.124. The van der Waals surface area contributed by atoms with Gasteiger partial charge in [0, 0.05) is 12.1 Å². The third-order valence-electron chi connectivity index (χ3n) is 2.85. The molecule has 0 bridgehead atoms. The lowest BCUT2D eigenvalue weighted by Gasteiger charge is -2.16. The van der Waals surface area contributed by atoms with Crippen LogP contribution in [0.3, 0.4) is 0 Å². The first kappa shape index (κ1) is 17.0. The molecule has 5 heteroatoms. The Morgan fingerprint density at radius 2 is 2.15 bits per heavy atom. The molecular formula is C15H23BrN2O2. The van der Waals surface area contributed by atoms with Crippen molar-refractivity contribution in [3.63, 3.8) is 0 Å². The molecule has 0 heterocycles. The van der Waals surface area contributed by atoms with Gasteiger partial charge in [0.15, 0.2) is 6.61 Å². The van der Waals surface area contributed by atoms with Gasteiger partial charge in [0.1, 0.15) is 5.75 Å². The van der Waals surface area contributed by atoms with Gasteiger partial charge in [-0.1, -0.05) is 19.1 Å². The molecule has 0 saturated heterocycles. The molecule has 1 aromatic carbocycles. The highest BCUT2D eigenvalue weighted by Crippen LogP contribution is 2.30. The summed E-state index contributed by atoms with van der Waals surface area (Å²) in [4.78, 5) is 11.7. The quantitative estimate of drug-likeness (QED) is 0.800. The highest BCUT2D eigenvalue weighted by atomic mass is 79.9. The number of hydrogen-bond acceptors (Lipinski definition) is 3. The van der Waals surface area contributed by atoms with E-state index in [9.17, 15) is 4.79 Å². The van der Waals surface area contributed by atoms with Crippen molar-refractivity contribution in [2.75, 3.05) is 6.61 Å². The fourth-order valence-corrected chi connectivity index (χ4v) is 2.33. The van der Waals surface area contributed by atoms with Crippen molar-refractivity contribution in [1.82, 2.24) is 5.32 Å². The van der Waals surface area contributed by atoms with Crippen LogP contribution in [0.5, 0.6) is 5.75 Å². The smallest absolute Gasteiger partial charge is 0.258 e. The summed E-state index contributed by atoms with van der Waals surface area (Å²) in [7, 11) is 0. The van der Waals surface area contributed by atoms with Crippen LogP contribution in [0.2, 0.25) is 0 Å². The number of ether oxygens (including phenoxy) is 1. The lowest BCUT2D eigenvalue weighted by molar-refractivity contribution is -0.123. The Balaban J connectivity index is 2.75. The normalized spacial score (nSPS) is 12.3. The summed E-state index contributed by atoms with van der Waals surface area (Å²) in [6, 6.07) is 6.03. The average Bonchev–Trinajstić information content (AvgIpc) is 2.37. The topological polar surface area (TPSA) is 64.3 Å². The molecule has 1 amide bonds. The monoisotopic (exact) mass is 342 g/mol. The zero-order valence-electron chi connectivity index (χ0n) is 12.3. The molecule has 3 N–H and O–H groups in total. The van der Waals surface area contributed by atoms with Gasteiger partial charge in [-0.2, -0.15) is 0 Å². The Kier molecular flexibility index (Phi) is 7.02. The molecule has 0 saturated carbocycles. The van der Waals surface area contributed by atoms with Gasteiger partial charge in [-0.3, -0.25) is 4.79 Å². The van der Waals surface area contributed by atoms with Gasteiger partial charge in [-0.25, -0.2) is 0 Å². The molecule has 1 unspecified atom stereocenters. The maximum absolute atomic E-state index is 11.7. The van der Waals surface area contributed by atoms with Crippen LogP contribution in [0.15, 0.2) is 22.7 Å². The largest absolute Gasteiger partial charge is 0.482 e. The van der Waals surface area contributed by atoms with Gasteiger partial charge in [0.25, 0.3) is 5.91 Å². The van der Waals surface area contributed by atoms with Crippen molar-refractivity contribution in [2.45, 2.75) is 45.7 Å². The second kappa shape index (κ2) is 8.27. The second-order valence-corrected chi connectivity index (χ2v) is 5.97. The molecule has 0 radical (unpaired) electrons. The Morgan fingerprint density at radius 1 is 1.45 bits per heavy atom. The van der Waals surface area contributed by atoms with E-state index in [1.165, 1.54) is 0 Å². The number of nitrogens with two attached hydrogens (primary N) is 1. The maximum Gasteiger partial charge on any atom is 0.258 e. The second-order valence-electron chi connectivity index (χ2n) is 5.11. The number of hydrogen-bond donors (Lipinski definition) is 2. The average molecular weight is 343 g/mol. The van der Waals surface area contributed by atoms with Crippen LogP contribution in [-0.2, 0) is 11.2 Å². The number of nitrogens with one attached hydrogen (secondary N) is 1. The Morgan fingerprint density at radius 3 is 2.75 bits per heavy atom. The number of rotatable bonds is 7. The molecule has 112 valence electrons. The zero-order valence-corrected chi connectivity index (χ0v) is 13.9. The number of amides is 1. The molecule has 20 heavy (non-hydrogen) atoms. The van der Waals surface area contributed by atoms with Gasteiger partial charge in [-0.15, -0.1) is 0 Å². The van der Waals surface area contributed by atoms with Gasteiger partial charge in [-0.05, 0) is 54.2 Å². The first-order valence-electron chi connectivity index (χ1n) is 6.89. The fraction of sp³-hybridized carbons (Fsp3) is 0.533. The molecule has 0 aliphatic carbocycles. The predicted octanol–water partition coefficient (Wildman–Crippen LogP) is 2.63. The Hall–Kier alpha value is -1.07. The van der Waals surface area contributed by atoms with Gasteiger partial charge in [0.2, 0.25) is 0 Å². The van der Waals surface area contributed by atoms with Crippen LogP contribution in [0.1, 0.15) is 32.8 Å². The highest BCUT2D eigenvalue weighted by molar-refractivity contribution is 9.10. The van der Waals surface area contributed by atoms with Crippen LogP contribution < -0.4 is 15.8 Å². The third-order valence-corrected chi connectivity index (χ3v) is 3.48. The minimum absolute atomic E-state index is 0.00908. The van der Waals surface area contributed by atoms with Crippen LogP contribution in [-0.4, -0.2) is 24.6 Å². The predicted molar refractivity (Wildman–Crippen MR) is 84.9 cm³/mol. The van der Waals surface area contributed by atoms with E-state index >= 15 is 0 Å². The first-order valence-corrected chi connectivity index (χ1v) is 7.68. The molecule has 0 fully saturated rings. The number of carbonyl (C=O) groups is 1. The van der Waals surface area contributed by atoms with Crippen LogP contribution in [0, 0.1) is 0 Å². The molecule has 1 aromatic rings. The van der Waals surface area contributed by atoms with E-state index in [4.69, 9.17) is 10.5 Å². The van der Waals surface area contributed by atoms with Gasteiger partial charge in [0.05, 0.1) is 4.47 Å². The summed E-state index contributed by atoms with van der Waals surface area (Å²) >= 11 is 3.46. The molecule has 0 aromatic heterocycles. The van der Waals surface area contributed by atoms with Crippen LogP contribution in [0.25, 0.3) is 0 Å². The Bertz CT molecular complexity index is 449. The molecule has 0 spiro atoms. The highest BCUT2D eigenvalue weighted by Gasteiger charge is 2.13. The molecule has 0 aliphatic heterocycles. The van der Waals surface area contributed by atoms with Crippen molar-refractivity contribution in [3.8, 4) is 5.75 Å². The molecule has 1 rings (SSSR count). The lowest BCUT2D eigenvalue weighted by Crippen LogP contribution is -2.34. The van der Waals surface area contributed by atoms with Crippen molar-refractivity contribution in [2.24, 2.45) is 5.73 Å². The molecule has 4 nitrogen and oxygen atoms in total. The van der Waals surface area contributed by atoms with E-state index in [0.717, 1.165) is 22.9 Å². The van der Waals surface area contributed by atoms with Gasteiger partial charge >= 0.3 is 0 Å². The van der Waals surface area contributed by atoms with E-state index in [2.05, 4.69) is 28.2 Å². The zero-order chi connectivity index (χ0) is 15.1. The van der Waals surface area contributed by atoms with Crippen LogP contribution >= 0.6 is 15.9 Å². The summed E-state index contributed by atoms with van der Waals surface area (Å²) in [5.41, 5.74) is 7.02. The lowest BCUT2D eigenvalue weighted by atomic mass is 10.0. The number of para-hydroxylation sites is 1. The van der Waals surface area contributed by atoms with Gasteiger partial charge < -0.3 is 15.8 Å². The Labute approximate surface area is 129 Å². The molecular weight excluding hydrogens is 320 g/mol. The minimum Gasteiger partial charge on any atom is -0.482 e. The van der Waals surface area contributed by atoms with E-state index in [0.29, 0.717) is 5.75 Å². The van der Waals surface area contributed by atoms with Crippen molar-refractivity contribution < 1.29 is 9.53 Å². The summed E-state index contributed by atoms with van der Waals surface area (Å²) in [6.45, 7) is 5.90. The third kappa shape index (κ3) is 5.51. The molecule has 0 aliphatic rings. The summed E-state index contributed by atoms with van der Waals surface area (Å²) < 4.78 is 6.50. The fourth-order valence-electron chi connectivity index (χ4n) is 1.80.